The Morgan fingerprint density at radius 1 is 0.379 bits per heavy atom. The number of para-hydroxylation sites is 1. The Labute approximate surface area is 384 Å². The van der Waals surface area contributed by atoms with Gasteiger partial charge in [0.15, 0.2) is 0 Å². The topological polar surface area (TPSA) is 8.17 Å². The van der Waals surface area contributed by atoms with Crippen molar-refractivity contribution in [3.63, 3.8) is 0 Å². The summed E-state index contributed by atoms with van der Waals surface area (Å²) in [5.41, 5.74) is 14.6. The Morgan fingerprint density at radius 3 is 1.73 bits per heavy atom. The van der Waals surface area contributed by atoms with E-state index in [1.165, 1.54) is 98.8 Å². The molecular formula is C64H44N2. The van der Waals surface area contributed by atoms with Gasteiger partial charge in [-0.25, -0.2) is 0 Å². The van der Waals surface area contributed by atoms with E-state index in [1.54, 1.807) is 0 Å². The van der Waals surface area contributed by atoms with E-state index in [-0.39, 0.29) is 5.92 Å². The Bertz CT molecular complexity index is 3830. The number of nitrogens with zero attached hydrogens (tertiary/aromatic N) is 2. The second-order valence-electron chi connectivity index (χ2n) is 17.6. The second-order valence-corrected chi connectivity index (χ2v) is 17.6. The molecule has 0 fully saturated rings. The second kappa shape index (κ2) is 15.7. The minimum atomic E-state index is 0.165. The fourth-order valence-corrected chi connectivity index (χ4v) is 10.8. The van der Waals surface area contributed by atoms with Gasteiger partial charge in [0.1, 0.15) is 0 Å². The van der Waals surface area contributed by atoms with Crippen LogP contribution in [-0.2, 0) is 0 Å². The van der Waals surface area contributed by atoms with Gasteiger partial charge in [-0.3, -0.25) is 0 Å². The molecule has 1 aromatic heterocycles. The molecule has 1 atom stereocenters. The fraction of sp³-hybridized carbons (Fsp3) is 0.0312. The van der Waals surface area contributed by atoms with Gasteiger partial charge in [-0.1, -0.05) is 176 Å². The quantitative estimate of drug-likeness (QED) is 0.145. The van der Waals surface area contributed by atoms with Gasteiger partial charge in [-0.05, 0) is 156 Å². The molecule has 0 aliphatic heterocycles. The minimum absolute atomic E-state index is 0.165. The van der Waals surface area contributed by atoms with Crippen LogP contribution >= 0.6 is 0 Å². The van der Waals surface area contributed by atoms with Crippen molar-refractivity contribution in [3.05, 3.63) is 259 Å². The molecule has 1 aliphatic carbocycles. The van der Waals surface area contributed by atoms with Crippen molar-refractivity contribution in [1.29, 1.82) is 0 Å². The Hall–Kier alpha value is -8.46. The van der Waals surface area contributed by atoms with Crippen molar-refractivity contribution in [2.75, 3.05) is 4.90 Å². The van der Waals surface area contributed by atoms with Crippen LogP contribution in [0.1, 0.15) is 29.2 Å². The number of hydrogen-bond acceptors (Lipinski definition) is 1. The van der Waals surface area contributed by atoms with Crippen LogP contribution in [0, 0.1) is 0 Å². The lowest BCUT2D eigenvalue weighted by atomic mass is 9.83. The molecule has 0 bridgehead atoms. The standard InChI is InChI=1S/C64H44N2/c1-2-21-50(22-3-1)66-62-30-14-29-57(64(62)61-40-46-16-4-5-17-47(46)42-63(61)66)48-20-12-23-53(39-48)65(51-35-31-44(32-36-51)55-28-13-19-43-15-6-8-24-54(43)55)52-37-33-45(34-38-52)60-41-49-18-7-9-25-56(49)58-26-10-11-27-59(58)60/h1-28,30-42,57H,29H2. The summed E-state index contributed by atoms with van der Waals surface area (Å²) in [5.74, 6) is 0.165. The highest BCUT2D eigenvalue weighted by atomic mass is 15.1. The molecule has 0 N–H and O–H groups in total. The molecule has 1 unspecified atom stereocenters. The zero-order valence-electron chi connectivity index (χ0n) is 36.4. The third-order valence-corrected chi connectivity index (χ3v) is 13.9. The van der Waals surface area contributed by atoms with Crippen LogP contribution in [0.3, 0.4) is 0 Å². The number of rotatable bonds is 7. The molecule has 310 valence electrons. The maximum absolute atomic E-state index is 2.47. The van der Waals surface area contributed by atoms with Gasteiger partial charge in [0.05, 0.1) is 11.2 Å². The van der Waals surface area contributed by atoms with Crippen molar-refractivity contribution in [3.8, 4) is 27.9 Å². The van der Waals surface area contributed by atoms with E-state index in [0.717, 1.165) is 23.5 Å². The van der Waals surface area contributed by atoms with Crippen LogP contribution in [0.25, 0.3) is 88.0 Å². The maximum atomic E-state index is 2.47. The Kier molecular flexibility index (Phi) is 9.02. The van der Waals surface area contributed by atoms with Gasteiger partial charge >= 0.3 is 0 Å². The molecule has 0 spiro atoms. The molecule has 1 heterocycles. The molecule has 0 saturated carbocycles. The third kappa shape index (κ3) is 6.33. The molecular weight excluding hydrogens is 797 g/mol. The lowest BCUT2D eigenvalue weighted by Crippen LogP contribution is -2.12. The van der Waals surface area contributed by atoms with E-state index in [4.69, 9.17) is 0 Å². The van der Waals surface area contributed by atoms with E-state index in [0.29, 0.717) is 0 Å². The average Bonchev–Trinajstić information content (AvgIpc) is 3.71. The van der Waals surface area contributed by atoms with Crippen LogP contribution in [0.15, 0.2) is 243 Å². The summed E-state index contributed by atoms with van der Waals surface area (Å²) >= 11 is 0. The van der Waals surface area contributed by atoms with Crippen molar-refractivity contribution >= 4 is 77.1 Å². The first-order chi connectivity index (χ1) is 32.7. The number of anilines is 3. The summed E-state index contributed by atoms with van der Waals surface area (Å²) in [7, 11) is 0. The van der Waals surface area contributed by atoms with Gasteiger partial charge in [0.2, 0.25) is 0 Å². The van der Waals surface area contributed by atoms with Crippen molar-refractivity contribution in [2.24, 2.45) is 0 Å². The van der Waals surface area contributed by atoms with Gasteiger partial charge in [-0.15, -0.1) is 0 Å². The van der Waals surface area contributed by atoms with Gasteiger partial charge < -0.3 is 9.47 Å². The Morgan fingerprint density at radius 2 is 0.970 bits per heavy atom. The lowest BCUT2D eigenvalue weighted by Gasteiger charge is -2.28. The summed E-state index contributed by atoms with van der Waals surface area (Å²) in [4.78, 5) is 2.43. The zero-order valence-corrected chi connectivity index (χ0v) is 36.4. The molecule has 11 aromatic carbocycles. The third-order valence-electron chi connectivity index (χ3n) is 13.9. The summed E-state index contributed by atoms with van der Waals surface area (Å²) in [6, 6.07) is 87.1. The van der Waals surface area contributed by atoms with E-state index < -0.39 is 0 Å². The monoisotopic (exact) mass is 840 g/mol. The summed E-state index contributed by atoms with van der Waals surface area (Å²) < 4.78 is 2.47. The molecule has 2 heteroatoms. The highest BCUT2D eigenvalue weighted by molar-refractivity contribution is 6.14. The van der Waals surface area contributed by atoms with Crippen LogP contribution in [0.2, 0.25) is 0 Å². The predicted molar refractivity (Wildman–Crippen MR) is 281 cm³/mol. The highest BCUT2D eigenvalue weighted by Gasteiger charge is 2.28. The SMILES string of the molecule is C1=Cc2c(c3cc4ccccc4cc3n2-c2ccccc2)C(c2cccc(N(c3ccc(-c4cccc5ccccc45)cc3)c3ccc(-c4cc5ccccc5c5ccccc45)cc3)c2)C1. The van der Waals surface area contributed by atoms with Crippen LogP contribution < -0.4 is 4.90 Å². The fourth-order valence-electron chi connectivity index (χ4n) is 10.8. The van der Waals surface area contributed by atoms with Crippen molar-refractivity contribution < 1.29 is 0 Å². The Balaban J connectivity index is 0.957. The molecule has 2 nitrogen and oxygen atoms in total. The van der Waals surface area contributed by atoms with E-state index >= 15 is 0 Å². The summed E-state index contributed by atoms with van der Waals surface area (Å²) in [5, 5.41) is 11.4. The summed E-state index contributed by atoms with van der Waals surface area (Å²) in [6.45, 7) is 0. The number of fused-ring (bicyclic) bond motifs is 8. The van der Waals surface area contributed by atoms with Crippen LogP contribution in [-0.4, -0.2) is 4.57 Å². The molecule has 13 rings (SSSR count). The molecule has 0 saturated heterocycles. The molecule has 66 heavy (non-hydrogen) atoms. The van der Waals surface area contributed by atoms with E-state index in [9.17, 15) is 0 Å². The van der Waals surface area contributed by atoms with Gasteiger partial charge in [0.25, 0.3) is 0 Å². The lowest BCUT2D eigenvalue weighted by molar-refractivity contribution is 0.819. The largest absolute Gasteiger partial charge is 0.310 e. The predicted octanol–water partition coefficient (Wildman–Crippen LogP) is 17.6. The first kappa shape index (κ1) is 38.0. The molecule has 0 amide bonds. The van der Waals surface area contributed by atoms with Crippen molar-refractivity contribution in [2.45, 2.75) is 12.3 Å². The highest BCUT2D eigenvalue weighted by Crippen LogP contribution is 2.46. The van der Waals surface area contributed by atoms with E-state index in [2.05, 4.69) is 258 Å². The minimum Gasteiger partial charge on any atom is -0.310 e. The number of aromatic nitrogens is 1. The van der Waals surface area contributed by atoms with E-state index in [1.807, 2.05) is 0 Å². The van der Waals surface area contributed by atoms with Gasteiger partial charge in [-0.2, -0.15) is 0 Å². The smallest absolute Gasteiger partial charge is 0.0544 e. The van der Waals surface area contributed by atoms with Crippen LogP contribution in [0.4, 0.5) is 17.1 Å². The molecule has 1 aliphatic rings. The molecule has 12 aromatic rings. The first-order valence-electron chi connectivity index (χ1n) is 23.0. The van der Waals surface area contributed by atoms with Gasteiger partial charge in [0, 0.05) is 34.1 Å². The maximum Gasteiger partial charge on any atom is 0.0544 e. The number of hydrogen-bond donors (Lipinski definition) is 0. The zero-order chi connectivity index (χ0) is 43.6. The summed E-state index contributed by atoms with van der Waals surface area (Å²) in [6.07, 6.45) is 5.64. The number of allylic oxidation sites excluding steroid dienone is 1. The average molecular weight is 841 g/mol. The molecule has 0 radical (unpaired) electrons. The normalized spacial score (nSPS) is 13.5. The first-order valence-corrected chi connectivity index (χ1v) is 23.0. The van der Waals surface area contributed by atoms with Crippen molar-refractivity contribution in [1.82, 2.24) is 4.57 Å². The number of benzene rings is 11. The van der Waals surface area contributed by atoms with Crippen LogP contribution in [0.5, 0.6) is 0 Å².